The first kappa shape index (κ1) is 16.5. The van der Waals surface area contributed by atoms with E-state index < -0.39 is 5.60 Å². The van der Waals surface area contributed by atoms with E-state index >= 15 is 0 Å². The number of hydrogen-bond donors (Lipinski definition) is 2. The molecule has 0 saturated carbocycles. The normalized spacial score (nSPS) is 14.4. The maximum Gasteiger partial charge on any atom is 0.251 e. The second-order valence-electron chi connectivity index (χ2n) is 7.07. The average Bonchev–Trinajstić information content (AvgIpc) is 3.23. The van der Waals surface area contributed by atoms with Crippen LogP contribution in [0.4, 0.5) is 0 Å². The monoisotopic (exact) mass is 347 g/mol. The minimum Gasteiger partial charge on any atom is -0.383 e. The zero-order chi connectivity index (χ0) is 18.3. The molecule has 1 amide bonds. The predicted molar refractivity (Wildman–Crippen MR) is 99.8 cm³/mol. The number of benzene rings is 2. The van der Waals surface area contributed by atoms with Crippen molar-refractivity contribution in [2.75, 3.05) is 6.54 Å². The molecule has 0 bridgehead atoms. The van der Waals surface area contributed by atoms with Gasteiger partial charge in [-0.15, -0.1) is 0 Å². The van der Waals surface area contributed by atoms with E-state index in [1.807, 2.05) is 30.3 Å². The van der Waals surface area contributed by atoms with Crippen molar-refractivity contribution in [3.63, 3.8) is 0 Å². The van der Waals surface area contributed by atoms with Crippen LogP contribution in [0.5, 0.6) is 0 Å². The molecule has 132 valence electrons. The highest BCUT2D eigenvalue weighted by molar-refractivity contribution is 5.95. The van der Waals surface area contributed by atoms with E-state index in [2.05, 4.69) is 22.5 Å². The number of aliphatic hydroxyl groups is 1. The molecule has 1 aliphatic carbocycles. The molecule has 0 radical (unpaired) electrons. The van der Waals surface area contributed by atoms with Gasteiger partial charge in [0.2, 0.25) is 0 Å². The number of fused-ring (bicyclic) bond motifs is 3. The van der Waals surface area contributed by atoms with Crippen LogP contribution in [-0.2, 0) is 19.1 Å². The Hall–Kier alpha value is -2.92. The second-order valence-corrected chi connectivity index (χ2v) is 7.07. The lowest BCUT2D eigenvalue weighted by molar-refractivity contribution is 0.0526. The second kappa shape index (κ2) is 6.11. The van der Waals surface area contributed by atoms with Crippen LogP contribution in [0.1, 0.15) is 34.0 Å². The maximum absolute atomic E-state index is 12.6. The van der Waals surface area contributed by atoms with Gasteiger partial charge in [-0.05, 0) is 47.7 Å². The van der Waals surface area contributed by atoms with Crippen LogP contribution in [0, 0.1) is 0 Å². The number of nitrogens with zero attached hydrogens (tertiary/aromatic N) is 2. The predicted octanol–water partition coefficient (Wildman–Crippen LogP) is 2.63. The van der Waals surface area contributed by atoms with E-state index in [9.17, 15) is 9.90 Å². The SMILES string of the molecule is Cn1cc(C(C)(O)CNC(=O)c2ccc3c(c2)Cc2ccccc2-3)cn1. The van der Waals surface area contributed by atoms with Gasteiger partial charge in [0.1, 0.15) is 5.60 Å². The quantitative estimate of drug-likeness (QED) is 0.596. The van der Waals surface area contributed by atoms with Gasteiger partial charge in [0, 0.05) is 24.4 Å². The summed E-state index contributed by atoms with van der Waals surface area (Å²) < 4.78 is 1.63. The Kier molecular flexibility index (Phi) is 3.89. The largest absolute Gasteiger partial charge is 0.383 e. The van der Waals surface area contributed by atoms with Gasteiger partial charge >= 0.3 is 0 Å². The molecule has 1 heterocycles. The summed E-state index contributed by atoms with van der Waals surface area (Å²) in [5.41, 5.74) is 5.01. The van der Waals surface area contributed by atoms with Gasteiger partial charge in [-0.3, -0.25) is 9.48 Å². The Morgan fingerprint density at radius 2 is 2.00 bits per heavy atom. The number of nitrogens with one attached hydrogen (secondary N) is 1. The minimum absolute atomic E-state index is 0.120. The molecule has 1 aromatic heterocycles. The molecule has 4 rings (SSSR count). The Balaban J connectivity index is 1.49. The molecule has 1 unspecified atom stereocenters. The topological polar surface area (TPSA) is 67.2 Å². The van der Waals surface area contributed by atoms with Crippen molar-refractivity contribution in [2.24, 2.45) is 7.05 Å². The highest BCUT2D eigenvalue weighted by Crippen LogP contribution is 2.36. The van der Waals surface area contributed by atoms with Crippen LogP contribution in [0.2, 0.25) is 0 Å². The van der Waals surface area contributed by atoms with Crippen LogP contribution in [0.15, 0.2) is 54.9 Å². The molecule has 26 heavy (non-hydrogen) atoms. The molecule has 0 spiro atoms. The highest BCUT2D eigenvalue weighted by atomic mass is 16.3. The summed E-state index contributed by atoms with van der Waals surface area (Å²) >= 11 is 0. The van der Waals surface area contributed by atoms with Gasteiger partial charge in [0.15, 0.2) is 0 Å². The molecule has 0 saturated heterocycles. The van der Waals surface area contributed by atoms with Gasteiger partial charge in [0.05, 0.1) is 12.7 Å². The molecule has 2 N–H and O–H groups in total. The van der Waals surface area contributed by atoms with E-state index in [1.54, 1.807) is 31.0 Å². The number of hydrogen-bond acceptors (Lipinski definition) is 3. The molecule has 0 fully saturated rings. The molecule has 0 aliphatic heterocycles. The number of aromatic nitrogens is 2. The molecule has 1 aliphatic rings. The first-order chi connectivity index (χ1) is 12.4. The summed E-state index contributed by atoms with van der Waals surface area (Å²) in [5.74, 6) is -0.187. The van der Waals surface area contributed by atoms with Crippen molar-refractivity contribution < 1.29 is 9.90 Å². The zero-order valence-electron chi connectivity index (χ0n) is 14.9. The van der Waals surface area contributed by atoms with Gasteiger partial charge in [-0.2, -0.15) is 5.10 Å². The Bertz CT molecular complexity index is 988. The Morgan fingerprint density at radius 1 is 1.23 bits per heavy atom. The third kappa shape index (κ3) is 2.91. The van der Waals surface area contributed by atoms with Crippen molar-refractivity contribution in [3.8, 4) is 11.1 Å². The van der Waals surface area contributed by atoms with E-state index in [0.29, 0.717) is 11.1 Å². The Morgan fingerprint density at radius 3 is 2.77 bits per heavy atom. The first-order valence-electron chi connectivity index (χ1n) is 8.65. The fraction of sp³-hybridized carbons (Fsp3) is 0.238. The molecule has 1 atom stereocenters. The van der Waals surface area contributed by atoms with Crippen LogP contribution >= 0.6 is 0 Å². The Labute approximate surface area is 152 Å². The minimum atomic E-state index is -1.17. The third-order valence-corrected chi connectivity index (χ3v) is 4.98. The highest BCUT2D eigenvalue weighted by Gasteiger charge is 2.26. The summed E-state index contributed by atoms with van der Waals surface area (Å²) in [7, 11) is 1.79. The lowest BCUT2D eigenvalue weighted by Gasteiger charge is -2.22. The zero-order valence-corrected chi connectivity index (χ0v) is 14.9. The van der Waals surface area contributed by atoms with Crippen LogP contribution in [-0.4, -0.2) is 27.3 Å². The lowest BCUT2D eigenvalue weighted by Crippen LogP contribution is -2.38. The van der Waals surface area contributed by atoms with Crippen molar-refractivity contribution >= 4 is 5.91 Å². The molecule has 5 nitrogen and oxygen atoms in total. The number of rotatable bonds is 4. The van der Waals surface area contributed by atoms with Crippen LogP contribution in [0.25, 0.3) is 11.1 Å². The average molecular weight is 347 g/mol. The molecule has 5 heteroatoms. The summed E-state index contributed by atoms with van der Waals surface area (Å²) in [6.07, 6.45) is 4.21. The van der Waals surface area contributed by atoms with E-state index in [-0.39, 0.29) is 12.5 Å². The standard InChI is InChI=1S/C21H21N3O2/c1-21(26,17-11-23-24(2)12-17)13-22-20(25)15-7-8-19-16(10-15)9-14-5-3-4-6-18(14)19/h3-8,10-12,26H,9,13H2,1-2H3,(H,22,25). The van der Waals surface area contributed by atoms with E-state index in [4.69, 9.17) is 0 Å². The van der Waals surface area contributed by atoms with E-state index in [0.717, 1.165) is 12.0 Å². The third-order valence-electron chi connectivity index (χ3n) is 4.98. The van der Waals surface area contributed by atoms with Gasteiger partial charge < -0.3 is 10.4 Å². The number of amides is 1. The summed E-state index contributed by atoms with van der Waals surface area (Å²) in [4.78, 5) is 12.6. The first-order valence-corrected chi connectivity index (χ1v) is 8.65. The van der Waals surface area contributed by atoms with Crippen molar-refractivity contribution in [2.45, 2.75) is 18.9 Å². The van der Waals surface area contributed by atoms with Gasteiger partial charge in [0.25, 0.3) is 5.91 Å². The lowest BCUT2D eigenvalue weighted by atomic mass is 9.99. The summed E-state index contributed by atoms with van der Waals surface area (Å²) in [6, 6.07) is 14.1. The van der Waals surface area contributed by atoms with E-state index in [1.165, 1.54) is 16.7 Å². The number of carbonyl (C=O) groups is 1. The maximum atomic E-state index is 12.6. The van der Waals surface area contributed by atoms with Crippen molar-refractivity contribution in [1.82, 2.24) is 15.1 Å². The van der Waals surface area contributed by atoms with Crippen molar-refractivity contribution in [3.05, 3.63) is 77.1 Å². The molecular formula is C21H21N3O2. The van der Waals surface area contributed by atoms with Gasteiger partial charge in [-0.25, -0.2) is 0 Å². The number of aryl methyl sites for hydroxylation is 1. The number of carbonyl (C=O) groups excluding carboxylic acids is 1. The fourth-order valence-corrected chi connectivity index (χ4v) is 3.44. The van der Waals surface area contributed by atoms with Gasteiger partial charge in [-0.1, -0.05) is 30.3 Å². The fourth-order valence-electron chi connectivity index (χ4n) is 3.44. The summed E-state index contributed by atoms with van der Waals surface area (Å²) in [5, 5.41) is 17.5. The smallest absolute Gasteiger partial charge is 0.251 e. The molecule has 2 aromatic carbocycles. The van der Waals surface area contributed by atoms with Crippen LogP contribution < -0.4 is 5.32 Å². The summed E-state index contributed by atoms with van der Waals surface area (Å²) in [6.45, 7) is 1.79. The van der Waals surface area contributed by atoms with Crippen LogP contribution in [0.3, 0.4) is 0 Å². The van der Waals surface area contributed by atoms with Crippen molar-refractivity contribution in [1.29, 1.82) is 0 Å². The molecule has 3 aromatic rings. The molecular weight excluding hydrogens is 326 g/mol.